The van der Waals surface area contributed by atoms with Crippen LogP contribution in [0.4, 0.5) is 4.39 Å². The average molecular weight is 338 g/mol. The largest absolute Gasteiger partial charge is 0.493 e. The number of Topliss-reactive ketones (excluding diaryl/α,β-unsaturated/α-hetero) is 1. The van der Waals surface area contributed by atoms with E-state index in [1.165, 1.54) is 20.3 Å². The molecule has 2 atom stereocenters. The molecule has 0 radical (unpaired) electrons. The second-order valence-electron chi connectivity index (χ2n) is 5.44. The monoisotopic (exact) mass is 338 g/mol. The summed E-state index contributed by atoms with van der Waals surface area (Å²) in [6, 6.07) is 3.09. The normalized spacial score (nSPS) is 20.1. The maximum atomic E-state index is 14.5. The summed E-state index contributed by atoms with van der Waals surface area (Å²) in [5, 5.41) is 9.36. The molecule has 1 aliphatic rings. The highest BCUT2D eigenvalue weighted by Gasteiger charge is 2.42. The highest BCUT2D eigenvalue weighted by Crippen LogP contribution is 2.42. The molecule has 1 fully saturated rings. The SMILES string of the molecule is COc1cc2sc(C(=O)[C@H]3CC[C@H]3C(=O)O)cc2c(F)c1OC. The summed E-state index contributed by atoms with van der Waals surface area (Å²) < 4.78 is 25.2. The van der Waals surface area contributed by atoms with Crippen molar-refractivity contribution in [2.75, 3.05) is 14.2 Å². The van der Waals surface area contributed by atoms with E-state index in [1.54, 1.807) is 6.07 Å². The molecule has 0 saturated heterocycles. The van der Waals surface area contributed by atoms with Gasteiger partial charge in [-0.3, -0.25) is 9.59 Å². The number of hydrogen-bond donors (Lipinski definition) is 1. The summed E-state index contributed by atoms with van der Waals surface area (Å²) in [7, 11) is 2.76. The molecule has 5 nitrogen and oxygen atoms in total. The van der Waals surface area contributed by atoms with Crippen LogP contribution in [0.15, 0.2) is 12.1 Å². The van der Waals surface area contributed by atoms with Crippen molar-refractivity contribution in [3.8, 4) is 11.5 Å². The van der Waals surface area contributed by atoms with Gasteiger partial charge in [-0.1, -0.05) is 0 Å². The van der Waals surface area contributed by atoms with Gasteiger partial charge in [0.15, 0.2) is 23.1 Å². The van der Waals surface area contributed by atoms with Gasteiger partial charge in [-0.25, -0.2) is 4.39 Å². The van der Waals surface area contributed by atoms with E-state index >= 15 is 0 Å². The Labute approximate surface area is 135 Å². The molecule has 3 rings (SSSR count). The van der Waals surface area contributed by atoms with Gasteiger partial charge in [0.25, 0.3) is 0 Å². The smallest absolute Gasteiger partial charge is 0.307 e. The second-order valence-corrected chi connectivity index (χ2v) is 6.53. The summed E-state index contributed by atoms with van der Waals surface area (Å²) in [5.41, 5.74) is 0. The number of benzene rings is 1. The Morgan fingerprint density at radius 2 is 1.91 bits per heavy atom. The minimum atomic E-state index is -0.953. The number of carboxylic acids is 1. The van der Waals surface area contributed by atoms with Crippen LogP contribution < -0.4 is 9.47 Å². The number of fused-ring (bicyclic) bond motifs is 1. The van der Waals surface area contributed by atoms with Gasteiger partial charge >= 0.3 is 5.97 Å². The van der Waals surface area contributed by atoms with E-state index in [1.807, 2.05) is 0 Å². The standard InChI is InChI=1S/C16H15FO5S/c1-21-10-6-11-9(13(17)15(10)22-2)5-12(23-11)14(18)7-3-4-8(7)16(19)20/h5-8H,3-4H2,1-2H3,(H,19,20)/t7-,8+/m0/s1. The molecule has 23 heavy (non-hydrogen) atoms. The lowest BCUT2D eigenvalue weighted by molar-refractivity contribution is -0.146. The number of hydrogen-bond acceptors (Lipinski definition) is 5. The number of methoxy groups -OCH3 is 2. The number of aliphatic carboxylic acids is 1. The van der Waals surface area contributed by atoms with Gasteiger partial charge in [-0.2, -0.15) is 0 Å². The highest BCUT2D eigenvalue weighted by atomic mass is 32.1. The van der Waals surface area contributed by atoms with E-state index in [-0.39, 0.29) is 22.7 Å². The van der Waals surface area contributed by atoms with Gasteiger partial charge in [0.2, 0.25) is 0 Å². The van der Waals surface area contributed by atoms with Crippen LogP contribution in [-0.2, 0) is 4.79 Å². The van der Waals surface area contributed by atoms with Gasteiger partial charge in [0.1, 0.15) is 0 Å². The van der Waals surface area contributed by atoms with Crippen molar-refractivity contribution in [2.24, 2.45) is 11.8 Å². The van der Waals surface area contributed by atoms with Crippen LogP contribution in [-0.4, -0.2) is 31.1 Å². The number of ketones is 1. The van der Waals surface area contributed by atoms with E-state index in [2.05, 4.69) is 0 Å². The minimum Gasteiger partial charge on any atom is -0.493 e. The third kappa shape index (κ3) is 2.45. The van der Waals surface area contributed by atoms with E-state index in [9.17, 15) is 14.0 Å². The average Bonchev–Trinajstić information content (AvgIpc) is 2.89. The van der Waals surface area contributed by atoms with Gasteiger partial charge in [0, 0.05) is 22.1 Å². The first-order valence-electron chi connectivity index (χ1n) is 7.09. The van der Waals surface area contributed by atoms with E-state index in [4.69, 9.17) is 14.6 Å². The highest BCUT2D eigenvalue weighted by molar-refractivity contribution is 7.20. The lowest BCUT2D eigenvalue weighted by Gasteiger charge is -2.31. The molecule has 0 unspecified atom stereocenters. The predicted octanol–water partition coefficient (Wildman–Crippen LogP) is 3.35. The van der Waals surface area contributed by atoms with Crippen molar-refractivity contribution in [3.05, 3.63) is 22.8 Å². The Balaban J connectivity index is 2.02. The Morgan fingerprint density at radius 1 is 1.22 bits per heavy atom. The first kappa shape index (κ1) is 15.7. The van der Waals surface area contributed by atoms with Crippen molar-refractivity contribution >= 4 is 33.2 Å². The number of rotatable bonds is 5. The van der Waals surface area contributed by atoms with Crippen molar-refractivity contribution in [1.82, 2.24) is 0 Å². The molecule has 7 heteroatoms. The number of halogens is 1. The Hall–Kier alpha value is -2.15. The lowest BCUT2D eigenvalue weighted by Crippen LogP contribution is -2.37. The van der Waals surface area contributed by atoms with Gasteiger partial charge in [0.05, 0.1) is 25.0 Å². The van der Waals surface area contributed by atoms with Crippen LogP contribution in [0, 0.1) is 17.7 Å². The zero-order valence-electron chi connectivity index (χ0n) is 12.6. The third-order valence-corrected chi connectivity index (χ3v) is 5.37. The summed E-state index contributed by atoms with van der Waals surface area (Å²) in [6.45, 7) is 0. The van der Waals surface area contributed by atoms with Crippen molar-refractivity contribution < 1.29 is 28.6 Å². The van der Waals surface area contributed by atoms with Crippen molar-refractivity contribution in [3.63, 3.8) is 0 Å². The topological polar surface area (TPSA) is 72.8 Å². The third-order valence-electron chi connectivity index (χ3n) is 4.28. The zero-order chi connectivity index (χ0) is 16.7. The maximum Gasteiger partial charge on any atom is 0.307 e. The zero-order valence-corrected chi connectivity index (χ0v) is 13.4. The van der Waals surface area contributed by atoms with E-state index < -0.39 is 23.6 Å². The Kier molecular flexibility index (Phi) is 3.97. The fourth-order valence-corrected chi connectivity index (χ4v) is 3.94. The molecular weight excluding hydrogens is 323 g/mol. The quantitative estimate of drug-likeness (QED) is 0.847. The van der Waals surface area contributed by atoms with Crippen molar-refractivity contribution in [1.29, 1.82) is 0 Å². The van der Waals surface area contributed by atoms with Crippen molar-refractivity contribution in [2.45, 2.75) is 12.8 Å². The van der Waals surface area contributed by atoms with Crippen LogP contribution in [0.3, 0.4) is 0 Å². The predicted molar refractivity (Wildman–Crippen MR) is 83.1 cm³/mol. The fraction of sp³-hybridized carbons (Fsp3) is 0.375. The molecule has 1 aromatic heterocycles. The molecule has 1 aliphatic carbocycles. The van der Waals surface area contributed by atoms with Crippen LogP contribution in [0.25, 0.3) is 10.1 Å². The second kappa shape index (κ2) is 5.81. The Morgan fingerprint density at radius 3 is 2.43 bits per heavy atom. The lowest BCUT2D eigenvalue weighted by atomic mass is 9.71. The van der Waals surface area contributed by atoms with Gasteiger partial charge in [-0.05, 0) is 18.9 Å². The fourth-order valence-electron chi connectivity index (χ4n) is 2.85. The first-order valence-corrected chi connectivity index (χ1v) is 7.90. The number of carbonyl (C=O) groups excluding carboxylic acids is 1. The molecule has 1 saturated carbocycles. The Bertz CT molecular complexity index is 797. The number of ether oxygens (including phenoxy) is 2. The number of thiophene rings is 1. The summed E-state index contributed by atoms with van der Waals surface area (Å²) in [5.74, 6) is -2.68. The maximum absolute atomic E-state index is 14.5. The molecule has 0 aliphatic heterocycles. The van der Waals surface area contributed by atoms with Crippen LogP contribution in [0.2, 0.25) is 0 Å². The summed E-state index contributed by atoms with van der Waals surface area (Å²) >= 11 is 1.14. The molecule has 0 spiro atoms. The molecule has 0 amide bonds. The van der Waals surface area contributed by atoms with Gasteiger partial charge in [-0.15, -0.1) is 11.3 Å². The molecule has 0 bridgehead atoms. The summed E-state index contributed by atoms with van der Waals surface area (Å²) in [4.78, 5) is 23.9. The first-order chi connectivity index (χ1) is 11.0. The molecule has 1 N–H and O–H groups in total. The minimum absolute atomic E-state index is 0.0103. The molecule has 2 aromatic rings. The van der Waals surface area contributed by atoms with Crippen LogP contribution in [0.1, 0.15) is 22.5 Å². The van der Waals surface area contributed by atoms with E-state index in [0.717, 1.165) is 11.3 Å². The number of carboxylic acid groups (broad SMARTS) is 1. The van der Waals surface area contributed by atoms with E-state index in [0.29, 0.717) is 22.4 Å². The molecular formula is C16H15FO5S. The molecule has 1 aromatic carbocycles. The molecule has 122 valence electrons. The van der Waals surface area contributed by atoms with Crippen LogP contribution >= 0.6 is 11.3 Å². The van der Waals surface area contributed by atoms with Crippen LogP contribution in [0.5, 0.6) is 11.5 Å². The summed E-state index contributed by atoms with van der Waals surface area (Å²) in [6.07, 6.45) is 1.06. The molecule has 1 heterocycles. The van der Waals surface area contributed by atoms with Gasteiger partial charge < -0.3 is 14.6 Å². The number of carbonyl (C=O) groups is 2.